The Morgan fingerprint density at radius 2 is 2.26 bits per heavy atom. The van der Waals surface area contributed by atoms with Crippen LogP contribution in [0.4, 0.5) is 5.69 Å². The van der Waals surface area contributed by atoms with Gasteiger partial charge in [-0.15, -0.1) is 0 Å². The lowest BCUT2D eigenvalue weighted by Crippen LogP contribution is -2.48. The van der Waals surface area contributed by atoms with Gasteiger partial charge in [-0.1, -0.05) is 25.5 Å². The number of nitrogens with one attached hydrogen (secondary N) is 1. The zero-order valence-electron chi connectivity index (χ0n) is 11.6. The van der Waals surface area contributed by atoms with Crippen molar-refractivity contribution in [2.45, 2.75) is 38.1 Å². The molecule has 0 heterocycles. The predicted octanol–water partition coefficient (Wildman–Crippen LogP) is 2.54. The van der Waals surface area contributed by atoms with Gasteiger partial charge >= 0.3 is 0 Å². The summed E-state index contributed by atoms with van der Waals surface area (Å²) in [6.45, 7) is 2.16. The predicted molar refractivity (Wildman–Crippen MR) is 76.2 cm³/mol. The molecule has 0 radical (unpaired) electrons. The molecular formula is C15H22N2O2. The van der Waals surface area contributed by atoms with E-state index in [0.29, 0.717) is 5.92 Å². The van der Waals surface area contributed by atoms with Gasteiger partial charge in [0, 0.05) is 0 Å². The van der Waals surface area contributed by atoms with Gasteiger partial charge in [0.05, 0.1) is 12.8 Å². The molecule has 1 amide bonds. The Balaban J connectivity index is 2.25. The van der Waals surface area contributed by atoms with Crippen molar-refractivity contribution in [2.75, 3.05) is 12.4 Å². The zero-order valence-corrected chi connectivity index (χ0v) is 11.6. The molecule has 104 valence electrons. The van der Waals surface area contributed by atoms with Crippen LogP contribution in [0.2, 0.25) is 0 Å². The minimum atomic E-state index is -0.630. The lowest BCUT2D eigenvalue weighted by atomic mass is 9.93. The number of ether oxygens (including phenoxy) is 1. The van der Waals surface area contributed by atoms with E-state index >= 15 is 0 Å². The van der Waals surface area contributed by atoms with Crippen molar-refractivity contribution < 1.29 is 9.53 Å². The fourth-order valence-electron chi connectivity index (χ4n) is 2.90. The second-order valence-electron chi connectivity index (χ2n) is 5.29. The Bertz CT molecular complexity index is 461. The highest BCUT2D eigenvalue weighted by molar-refractivity contribution is 5.89. The monoisotopic (exact) mass is 262 g/mol. The summed E-state index contributed by atoms with van der Waals surface area (Å²) in [6, 6.07) is 7.63. The number of nitrogens with two attached hydrogens (primary N) is 1. The molecule has 1 aliphatic carbocycles. The molecule has 3 N–H and O–H groups in total. The van der Waals surface area contributed by atoms with E-state index in [1.807, 2.05) is 24.3 Å². The number of carbonyl (C=O) groups is 1. The third-order valence-corrected chi connectivity index (χ3v) is 4.15. The SMILES string of the molecule is CCC1CCC(Nc2ccccc2OC)(C(N)=O)C1. The zero-order chi connectivity index (χ0) is 13.9. The Hall–Kier alpha value is -1.71. The molecule has 1 aliphatic rings. The van der Waals surface area contributed by atoms with Gasteiger partial charge in [-0.2, -0.15) is 0 Å². The molecule has 2 atom stereocenters. The lowest BCUT2D eigenvalue weighted by molar-refractivity contribution is -0.122. The normalized spacial score (nSPS) is 26.1. The number of rotatable bonds is 5. The van der Waals surface area contributed by atoms with Gasteiger partial charge in [-0.3, -0.25) is 4.79 Å². The summed E-state index contributed by atoms with van der Waals surface area (Å²) in [5.74, 6) is 1.03. The van der Waals surface area contributed by atoms with Crippen LogP contribution >= 0.6 is 0 Å². The maximum absolute atomic E-state index is 11.9. The van der Waals surface area contributed by atoms with Crippen LogP contribution in [0.15, 0.2) is 24.3 Å². The molecule has 1 fully saturated rings. The summed E-state index contributed by atoms with van der Waals surface area (Å²) in [5, 5.41) is 3.34. The van der Waals surface area contributed by atoms with E-state index in [1.165, 1.54) is 0 Å². The smallest absolute Gasteiger partial charge is 0.243 e. The summed E-state index contributed by atoms with van der Waals surface area (Å²) >= 11 is 0. The van der Waals surface area contributed by atoms with Crippen molar-refractivity contribution in [3.05, 3.63) is 24.3 Å². The number of hydrogen-bond acceptors (Lipinski definition) is 3. The number of benzene rings is 1. The largest absolute Gasteiger partial charge is 0.495 e. The average molecular weight is 262 g/mol. The fourth-order valence-corrected chi connectivity index (χ4v) is 2.90. The van der Waals surface area contributed by atoms with Crippen molar-refractivity contribution in [2.24, 2.45) is 11.7 Å². The highest BCUT2D eigenvalue weighted by atomic mass is 16.5. The number of hydrogen-bond donors (Lipinski definition) is 2. The van der Waals surface area contributed by atoms with Crippen LogP contribution < -0.4 is 15.8 Å². The molecular weight excluding hydrogens is 240 g/mol. The summed E-state index contributed by atoms with van der Waals surface area (Å²) in [4.78, 5) is 11.9. The van der Waals surface area contributed by atoms with Gasteiger partial charge in [0.15, 0.2) is 0 Å². The number of para-hydroxylation sites is 2. The van der Waals surface area contributed by atoms with Gasteiger partial charge < -0.3 is 15.8 Å². The topological polar surface area (TPSA) is 64.3 Å². The first-order valence-corrected chi connectivity index (χ1v) is 6.82. The highest BCUT2D eigenvalue weighted by Gasteiger charge is 2.43. The molecule has 1 aromatic rings. The summed E-state index contributed by atoms with van der Waals surface area (Å²) < 4.78 is 5.32. The first kappa shape index (κ1) is 13.7. The molecule has 0 aliphatic heterocycles. The van der Waals surface area contributed by atoms with E-state index in [9.17, 15) is 4.79 Å². The molecule has 0 saturated heterocycles. The summed E-state index contributed by atoms with van der Waals surface area (Å²) in [5.41, 5.74) is 5.85. The Kier molecular flexibility index (Phi) is 3.98. The molecule has 2 unspecified atom stereocenters. The number of carbonyl (C=O) groups excluding carboxylic acids is 1. The Morgan fingerprint density at radius 1 is 1.53 bits per heavy atom. The van der Waals surface area contributed by atoms with E-state index < -0.39 is 5.54 Å². The minimum absolute atomic E-state index is 0.269. The van der Waals surface area contributed by atoms with E-state index in [0.717, 1.165) is 37.1 Å². The summed E-state index contributed by atoms with van der Waals surface area (Å²) in [7, 11) is 1.63. The standard InChI is InChI=1S/C15H22N2O2/c1-3-11-8-9-15(10-11,14(16)18)17-12-6-4-5-7-13(12)19-2/h4-7,11,17H,3,8-10H2,1-2H3,(H2,16,18). The third-order valence-electron chi connectivity index (χ3n) is 4.15. The number of methoxy groups -OCH3 is 1. The van der Waals surface area contributed by atoms with Crippen LogP contribution in [0.1, 0.15) is 32.6 Å². The van der Waals surface area contributed by atoms with Crippen LogP contribution in [0.25, 0.3) is 0 Å². The number of anilines is 1. The molecule has 4 heteroatoms. The van der Waals surface area contributed by atoms with Crippen molar-refractivity contribution in [1.82, 2.24) is 0 Å². The molecule has 1 saturated carbocycles. The highest BCUT2D eigenvalue weighted by Crippen LogP contribution is 2.40. The van der Waals surface area contributed by atoms with Gasteiger partial charge in [-0.05, 0) is 37.3 Å². The molecule has 2 rings (SSSR count). The molecule has 4 nitrogen and oxygen atoms in total. The Labute approximate surface area is 114 Å². The van der Waals surface area contributed by atoms with Crippen LogP contribution in [0, 0.1) is 5.92 Å². The van der Waals surface area contributed by atoms with E-state index in [-0.39, 0.29) is 5.91 Å². The van der Waals surface area contributed by atoms with Gasteiger partial charge in [0.25, 0.3) is 0 Å². The Morgan fingerprint density at radius 3 is 2.84 bits per heavy atom. The van der Waals surface area contributed by atoms with Gasteiger partial charge in [0.1, 0.15) is 11.3 Å². The first-order chi connectivity index (χ1) is 9.11. The molecule has 0 aromatic heterocycles. The number of primary amides is 1. The van der Waals surface area contributed by atoms with E-state index in [1.54, 1.807) is 7.11 Å². The van der Waals surface area contributed by atoms with Crippen LogP contribution in [0.5, 0.6) is 5.75 Å². The van der Waals surface area contributed by atoms with E-state index in [2.05, 4.69) is 12.2 Å². The molecule has 0 bridgehead atoms. The summed E-state index contributed by atoms with van der Waals surface area (Å²) in [6.07, 6.45) is 3.72. The maximum Gasteiger partial charge on any atom is 0.243 e. The maximum atomic E-state index is 11.9. The molecule has 0 spiro atoms. The van der Waals surface area contributed by atoms with Gasteiger partial charge in [0.2, 0.25) is 5.91 Å². The average Bonchev–Trinajstić information content (AvgIpc) is 2.84. The third kappa shape index (κ3) is 2.67. The molecule has 19 heavy (non-hydrogen) atoms. The molecule has 1 aromatic carbocycles. The fraction of sp³-hybridized carbons (Fsp3) is 0.533. The van der Waals surface area contributed by atoms with Crippen molar-refractivity contribution in [1.29, 1.82) is 0 Å². The quantitative estimate of drug-likeness (QED) is 0.857. The van der Waals surface area contributed by atoms with Crippen molar-refractivity contribution in [3.63, 3.8) is 0 Å². The van der Waals surface area contributed by atoms with E-state index in [4.69, 9.17) is 10.5 Å². The van der Waals surface area contributed by atoms with Crippen LogP contribution in [-0.2, 0) is 4.79 Å². The second-order valence-corrected chi connectivity index (χ2v) is 5.29. The van der Waals surface area contributed by atoms with Crippen molar-refractivity contribution >= 4 is 11.6 Å². The minimum Gasteiger partial charge on any atom is -0.495 e. The number of amides is 1. The van der Waals surface area contributed by atoms with Crippen LogP contribution in [-0.4, -0.2) is 18.6 Å². The van der Waals surface area contributed by atoms with Crippen molar-refractivity contribution in [3.8, 4) is 5.75 Å². The second kappa shape index (κ2) is 5.51. The lowest BCUT2D eigenvalue weighted by Gasteiger charge is -2.29. The van der Waals surface area contributed by atoms with Crippen LogP contribution in [0.3, 0.4) is 0 Å². The first-order valence-electron chi connectivity index (χ1n) is 6.82. The van der Waals surface area contributed by atoms with Gasteiger partial charge in [-0.25, -0.2) is 0 Å².